The first-order chi connectivity index (χ1) is 12.4. The van der Waals surface area contributed by atoms with Crippen LogP contribution in [-0.2, 0) is 16.4 Å². The molecule has 0 saturated heterocycles. The predicted molar refractivity (Wildman–Crippen MR) is 105 cm³/mol. The van der Waals surface area contributed by atoms with Gasteiger partial charge in [0.15, 0.2) is 10.3 Å². The van der Waals surface area contributed by atoms with Gasteiger partial charge < -0.3 is 0 Å². The zero-order chi connectivity index (χ0) is 18.7. The number of imidazole rings is 1. The molecule has 8 heteroatoms. The van der Waals surface area contributed by atoms with E-state index in [0.717, 1.165) is 24.1 Å². The molecule has 1 heterocycles. The predicted octanol–water partition coefficient (Wildman–Crippen LogP) is 4.93. The fraction of sp³-hybridized carbons (Fsp3) is 0.167. The smallest absolute Gasteiger partial charge is 0.261 e. The highest BCUT2D eigenvalue weighted by molar-refractivity contribution is 7.92. The number of benzene rings is 2. The molecule has 5 nitrogen and oxygen atoms in total. The van der Waals surface area contributed by atoms with Gasteiger partial charge in [0.25, 0.3) is 10.0 Å². The lowest BCUT2D eigenvalue weighted by molar-refractivity contribution is 0.601. The first-order valence-corrected chi connectivity index (χ1v) is 10.2. The molecule has 0 aliphatic carbocycles. The van der Waals surface area contributed by atoms with E-state index in [-0.39, 0.29) is 10.0 Å². The second-order valence-electron chi connectivity index (χ2n) is 5.74. The average molecular weight is 410 g/mol. The molecular weight excluding hydrogens is 393 g/mol. The molecule has 0 atom stereocenters. The second kappa shape index (κ2) is 7.70. The van der Waals surface area contributed by atoms with E-state index in [0.29, 0.717) is 10.8 Å². The minimum atomic E-state index is -3.64. The van der Waals surface area contributed by atoms with Gasteiger partial charge in [0.2, 0.25) is 0 Å². The summed E-state index contributed by atoms with van der Waals surface area (Å²) in [7, 11) is -3.64. The fourth-order valence-electron chi connectivity index (χ4n) is 2.52. The van der Waals surface area contributed by atoms with Crippen LogP contribution >= 0.6 is 23.2 Å². The SMILES string of the molecule is CCCc1ccc(S(=O)(=O)Nc2ccc(-n3cnc(Cl)c3Cl)cc2)cc1. The Balaban J connectivity index is 1.78. The number of sulfonamides is 1. The van der Waals surface area contributed by atoms with E-state index < -0.39 is 10.0 Å². The van der Waals surface area contributed by atoms with E-state index in [1.54, 1.807) is 41.0 Å². The summed E-state index contributed by atoms with van der Waals surface area (Å²) in [5, 5.41) is 0.509. The Morgan fingerprint density at radius 3 is 2.23 bits per heavy atom. The van der Waals surface area contributed by atoms with Gasteiger partial charge in [-0.05, 0) is 48.4 Å². The zero-order valence-electron chi connectivity index (χ0n) is 14.0. The molecular formula is C18H17Cl2N3O2S. The minimum Gasteiger partial charge on any atom is -0.288 e. The minimum absolute atomic E-state index is 0.211. The van der Waals surface area contributed by atoms with Crippen molar-refractivity contribution in [2.75, 3.05) is 4.72 Å². The van der Waals surface area contributed by atoms with Crippen LogP contribution in [0.3, 0.4) is 0 Å². The third kappa shape index (κ3) is 4.03. The molecule has 3 aromatic rings. The van der Waals surface area contributed by atoms with Crippen molar-refractivity contribution in [3.05, 3.63) is 70.7 Å². The second-order valence-corrected chi connectivity index (χ2v) is 8.14. The molecule has 1 N–H and O–H groups in total. The first-order valence-electron chi connectivity index (χ1n) is 8.01. The van der Waals surface area contributed by atoms with Gasteiger partial charge in [0.05, 0.1) is 4.90 Å². The molecule has 2 aromatic carbocycles. The summed E-state index contributed by atoms with van der Waals surface area (Å²) in [6, 6.07) is 13.7. The monoisotopic (exact) mass is 409 g/mol. The number of halogens is 2. The molecule has 3 rings (SSSR count). The van der Waals surface area contributed by atoms with E-state index in [2.05, 4.69) is 16.6 Å². The van der Waals surface area contributed by atoms with Crippen LogP contribution < -0.4 is 4.72 Å². The van der Waals surface area contributed by atoms with Gasteiger partial charge in [0.1, 0.15) is 6.33 Å². The lowest BCUT2D eigenvalue weighted by atomic mass is 10.1. The summed E-state index contributed by atoms with van der Waals surface area (Å²) in [6.07, 6.45) is 3.45. The Bertz CT molecular complexity index is 998. The highest BCUT2D eigenvalue weighted by Crippen LogP contribution is 2.25. The van der Waals surface area contributed by atoms with Crippen molar-refractivity contribution in [2.45, 2.75) is 24.7 Å². The third-order valence-electron chi connectivity index (χ3n) is 3.84. The number of nitrogens with one attached hydrogen (secondary N) is 1. The molecule has 0 amide bonds. The van der Waals surface area contributed by atoms with Gasteiger partial charge in [-0.3, -0.25) is 9.29 Å². The average Bonchev–Trinajstić information content (AvgIpc) is 2.95. The number of aryl methyl sites for hydroxylation is 1. The summed E-state index contributed by atoms with van der Waals surface area (Å²) in [5.74, 6) is 0. The maximum absolute atomic E-state index is 12.5. The fourth-order valence-corrected chi connectivity index (χ4v) is 3.90. The normalized spacial score (nSPS) is 11.5. The molecule has 0 saturated carbocycles. The summed E-state index contributed by atoms with van der Waals surface area (Å²) in [5.41, 5.74) is 2.29. The molecule has 136 valence electrons. The molecule has 0 spiro atoms. The van der Waals surface area contributed by atoms with Crippen LogP contribution in [0.25, 0.3) is 5.69 Å². The van der Waals surface area contributed by atoms with Gasteiger partial charge in [0, 0.05) is 11.4 Å². The van der Waals surface area contributed by atoms with E-state index in [1.165, 1.54) is 6.33 Å². The number of rotatable bonds is 6. The zero-order valence-corrected chi connectivity index (χ0v) is 16.3. The van der Waals surface area contributed by atoms with Crippen LogP contribution in [0, 0.1) is 0 Å². The van der Waals surface area contributed by atoms with Crippen molar-refractivity contribution in [1.29, 1.82) is 0 Å². The molecule has 0 unspecified atom stereocenters. The lowest BCUT2D eigenvalue weighted by Gasteiger charge is -2.10. The molecule has 0 bridgehead atoms. The van der Waals surface area contributed by atoms with E-state index in [1.807, 2.05) is 12.1 Å². The first kappa shape index (κ1) is 18.8. The molecule has 0 aliphatic rings. The van der Waals surface area contributed by atoms with Gasteiger partial charge in [-0.2, -0.15) is 0 Å². The van der Waals surface area contributed by atoms with Crippen molar-refractivity contribution in [1.82, 2.24) is 9.55 Å². The number of anilines is 1. The summed E-state index contributed by atoms with van der Waals surface area (Å²) in [4.78, 5) is 4.15. The Hall–Kier alpha value is -2.02. The third-order valence-corrected chi connectivity index (χ3v) is 5.97. The van der Waals surface area contributed by atoms with Crippen LogP contribution in [0.15, 0.2) is 59.8 Å². The summed E-state index contributed by atoms with van der Waals surface area (Å²) in [6.45, 7) is 2.08. The topological polar surface area (TPSA) is 64.0 Å². The Morgan fingerprint density at radius 1 is 1.04 bits per heavy atom. The van der Waals surface area contributed by atoms with Crippen LogP contribution in [0.2, 0.25) is 10.3 Å². The molecule has 1 aromatic heterocycles. The largest absolute Gasteiger partial charge is 0.288 e. The number of nitrogens with zero attached hydrogens (tertiary/aromatic N) is 2. The van der Waals surface area contributed by atoms with Crippen molar-refractivity contribution in [3.63, 3.8) is 0 Å². The number of hydrogen-bond acceptors (Lipinski definition) is 3. The van der Waals surface area contributed by atoms with E-state index in [9.17, 15) is 8.42 Å². The Labute approximate surface area is 162 Å². The molecule has 26 heavy (non-hydrogen) atoms. The van der Waals surface area contributed by atoms with Crippen LogP contribution in [0.1, 0.15) is 18.9 Å². The van der Waals surface area contributed by atoms with E-state index in [4.69, 9.17) is 23.2 Å². The standard InChI is InChI=1S/C18H17Cl2N3O2S/c1-2-3-13-4-10-16(11-5-13)26(24,25)22-14-6-8-15(9-7-14)23-12-21-17(19)18(23)20/h4-12,22H,2-3H2,1H3. The molecule has 0 fully saturated rings. The van der Waals surface area contributed by atoms with Crippen molar-refractivity contribution >= 4 is 38.9 Å². The highest BCUT2D eigenvalue weighted by atomic mass is 35.5. The Kier molecular flexibility index (Phi) is 5.55. The summed E-state index contributed by atoms with van der Waals surface area (Å²) >= 11 is 11.9. The number of hydrogen-bond donors (Lipinski definition) is 1. The van der Waals surface area contributed by atoms with Gasteiger partial charge in [-0.15, -0.1) is 0 Å². The maximum Gasteiger partial charge on any atom is 0.261 e. The quantitative estimate of drug-likeness (QED) is 0.627. The summed E-state index contributed by atoms with van der Waals surface area (Å²) < 4.78 is 29.2. The van der Waals surface area contributed by atoms with Crippen molar-refractivity contribution < 1.29 is 8.42 Å². The van der Waals surface area contributed by atoms with Crippen LogP contribution in [0.4, 0.5) is 5.69 Å². The van der Waals surface area contributed by atoms with Crippen LogP contribution in [0.5, 0.6) is 0 Å². The van der Waals surface area contributed by atoms with Crippen molar-refractivity contribution in [3.8, 4) is 5.69 Å². The van der Waals surface area contributed by atoms with Gasteiger partial charge >= 0.3 is 0 Å². The maximum atomic E-state index is 12.5. The number of aromatic nitrogens is 2. The van der Waals surface area contributed by atoms with Crippen molar-refractivity contribution in [2.24, 2.45) is 0 Å². The highest BCUT2D eigenvalue weighted by Gasteiger charge is 2.14. The van der Waals surface area contributed by atoms with Gasteiger partial charge in [-0.1, -0.05) is 48.7 Å². The lowest BCUT2D eigenvalue weighted by Crippen LogP contribution is -2.13. The van der Waals surface area contributed by atoms with Gasteiger partial charge in [-0.25, -0.2) is 13.4 Å². The van der Waals surface area contributed by atoms with Crippen LogP contribution in [-0.4, -0.2) is 18.0 Å². The molecule has 0 aliphatic heterocycles. The van der Waals surface area contributed by atoms with E-state index >= 15 is 0 Å². The Morgan fingerprint density at radius 2 is 1.69 bits per heavy atom. The molecule has 0 radical (unpaired) electrons.